The summed E-state index contributed by atoms with van der Waals surface area (Å²) >= 11 is 3.33. The molecule has 0 saturated carbocycles. The molecular weight excluding hydrogens is 335 g/mol. The first-order valence-electron chi connectivity index (χ1n) is 5.68. The molecule has 0 aliphatic rings. The van der Waals surface area contributed by atoms with Crippen molar-refractivity contribution in [1.82, 2.24) is 4.90 Å². The third-order valence-electron chi connectivity index (χ3n) is 2.51. The lowest BCUT2D eigenvalue weighted by Gasteiger charge is -2.20. The van der Waals surface area contributed by atoms with Crippen LogP contribution in [0.4, 0.5) is 10.1 Å². The molecule has 6 nitrogen and oxygen atoms in total. The summed E-state index contributed by atoms with van der Waals surface area (Å²) in [6.45, 7) is 0.734. The van der Waals surface area contributed by atoms with Crippen LogP contribution in [0.25, 0.3) is 0 Å². The topological polar surface area (TPSA) is 72.7 Å². The SMILES string of the molecule is COCC(Br)CN(C)C(=O)c1cc(F)cc([N+](=O)[O-])c1. The Balaban J connectivity index is 2.88. The summed E-state index contributed by atoms with van der Waals surface area (Å²) in [5.74, 6) is -1.31. The van der Waals surface area contributed by atoms with E-state index in [0.717, 1.165) is 18.2 Å². The van der Waals surface area contributed by atoms with E-state index in [1.807, 2.05) is 0 Å². The van der Waals surface area contributed by atoms with Crippen LogP contribution in [-0.2, 0) is 4.74 Å². The maximum atomic E-state index is 13.3. The molecule has 0 aromatic heterocycles. The van der Waals surface area contributed by atoms with Crippen molar-refractivity contribution in [2.24, 2.45) is 0 Å². The molecule has 1 atom stereocenters. The molecule has 0 aliphatic carbocycles. The first kappa shape index (κ1) is 16.5. The second kappa shape index (κ2) is 7.30. The Bertz CT molecular complexity index is 512. The Hall–Kier alpha value is -1.54. The monoisotopic (exact) mass is 348 g/mol. The number of methoxy groups -OCH3 is 1. The number of benzene rings is 1. The lowest BCUT2D eigenvalue weighted by atomic mass is 10.1. The van der Waals surface area contributed by atoms with Crippen LogP contribution in [0, 0.1) is 15.9 Å². The second-order valence-electron chi connectivity index (χ2n) is 4.19. The molecule has 0 heterocycles. The molecule has 0 N–H and O–H groups in total. The van der Waals surface area contributed by atoms with E-state index in [0.29, 0.717) is 13.2 Å². The van der Waals surface area contributed by atoms with Gasteiger partial charge in [0.2, 0.25) is 0 Å². The minimum absolute atomic E-state index is 0.0590. The van der Waals surface area contributed by atoms with Crippen molar-refractivity contribution in [3.8, 4) is 0 Å². The van der Waals surface area contributed by atoms with Crippen LogP contribution in [0.2, 0.25) is 0 Å². The smallest absolute Gasteiger partial charge is 0.273 e. The maximum absolute atomic E-state index is 13.3. The summed E-state index contributed by atoms with van der Waals surface area (Å²) in [5.41, 5.74) is -0.509. The van der Waals surface area contributed by atoms with E-state index in [-0.39, 0.29) is 10.4 Å². The van der Waals surface area contributed by atoms with Crippen LogP contribution in [0.3, 0.4) is 0 Å². The second-order valence-corrected chi connectivity index (χ2v) is 5.49. The number of ether oxygens (including phenoxy) is 1. The van der Waals surface area contributed by atoms with Crippen molar-refractivity contribution < 1.29 is 18.8 Å². The fraction of sp³-hybridized carbons (Fsp3) is 0.417. The molecule has 1 aromatic rings. The summed E-state index contributed by atoms with van der Waals surface area (Å²) in [4.78, 5) is 23.3. The van der Waals surface area contributed by atoms with Gasteiger partial charge >= 0.3 is 0 Å². The van der Waals surface area contributed by atoms with Crippen molar-refractivity contribution in [2.75, 3.05) is 27.3 Å². The van der Waals surface area contributed by atoms with Crippen LogP contribution in [-0.4, -0.2) is 47.9 Å². The molecule has 0 fully saturated rings. The van der Waals surface area contributed by atoms with E-state index in [1.54, 1.807) is 0 Å². The van der Waals surface area contributed by atoms with Crippen molar-refractivity contribution >= 4 is 27.5 Å². The van der Waals surface area contributed by atoms with Crippen LogP contribution in [0.15, 0.2) is 18.2 Å². The van der Waals surface area contributed by atoms with Gasteiger partial charge in [-0.25, -0.2) is 4.39 Å². The van der Waals surface area contributed by atoms with E-state index in [9.17, 15) is 19.3 Å². The van der Waals surface area contributed by atoms with Gasteiger partial charge in [0.1, 0.15) is 5.82 Å². The van der Waals surface area contributed by atoms with Gasteiger partial charge in [0.25, 0.3) is 11.6 Å². The molecular formula is C12H14BrFN2O4. The Labute approximate surface area is 123 Å². The van der Waals surface area contributed by atoms with Crippen molar-refractivity contribution in [3.05, 3.63) is 39.7 Å². The summed E-state index contributed by atoms with van der Waals surface area (Å²) < 4.78 is 18.2. The van der Waals surface area contributed by atoms with Gasteiger partial charge in [0.05, 0.1) is 22.4 Å². The van der Waals surface area contributed by atoms with Gasteiger partial charge in [0, 0.05) is 32.3 Å². The summed E-state index contributed by atoms with van der Waals surface area (Å²) in [6.07, 6.45) is 0. The standard InChI is InChI=1S/C12H14BrFN2O4/c1-15(6-9(13)7-20-2)12(17)8-3-10(14)5-11(4-8)16(18)19/h3-5,9H,6-7H2,1-2H3. The van der Waals surface area contributed by atoms with Gasteiger partial charge in [-0.05, 0) is 6.07 Å². The van der Waals surface area contributed by atoms with Gasteiger partial charge in [-0.2, -0.15) is 0 Å². The van der Waals surface area contributed by atoms with Crippen LogP contribution in [0.1, 0.15) is 10.4 Å². The van der Waals surface area contributed by atoms with Crippen molar-refractivity contribution in [3.63, 3.8) is 0 Å². The quantitative estimate of drug-likeness (QED) is 0.449. The number of rotatable bonds is 6. The van der Waals surface area contributed by atoms with Crippen LogP contribution >= 0.6 is 15.9 Å². The molecule has 8 heteroatoms. The molecule has 110 valence electrons. The highest BCUT2D eigenvalue weighted by Crippen LogP contribution is 2.18. The largest absolute Gasteiger partial charge is 0.383 e. The molecule has 0 bridgehead atoms. The highest BCUT2D eigenvalue weighted by Gasteiger charge is 2.19. The van der Waals surface area contributed by atoms with Gasteiger partial charge in [-0.3, -0.25) is 14.9 Å². The molecule has 1 aromatic carbocycles. The number of alkyl halides is 1. The fourth-order valence-electron chi connectivity index (χ4n) is 1.64. The lowest BCUT2D eigenvalue weighted by Crippen LogP contribution is -2.33. The van der Waals surface area contributed by atoms with E-state index in [2.05, 4.69) is 15.9 Å². The summed E-state index contributed by atoms with van der Waals surface area (Å²) in [7, 11) is 3.06. The zero-order valence-electron chi connectivity index (χ0n) is 11.0. The third-order valence-corrected chi connectivity index (χ3v) is 3.06. The Kier molecular flexibility index (Phi) is 6.03. The van der Waals surface area contributed by atoms with Gasteiger partial charge in [-0.15, -0.1) is 0 Å². The molecule has 0 aliphatic heterocycles. The number of non-ortho nitro benzene ring substituents is 1. The number of carbonyl (C=O) groups excluding carboxylic acids is 1. The fourth-order valence-corrected chi connectivity index (χ4v) is 2.34. The predicted molar refractivity (Wildman–Crippen MR) is 74.6 cm³/mol. The van der Waals surface area contributed by atoms with E-state index in [1.165, 1.54) is 19.1 Å². The maximum Gasteiger partial charge on any atom is 0.273 e. The Morgan fingerprint density at radius 2 is 2.20 bits per heavy atom. The van der Waals surface area contributed by atoms with Crippen LogP contribution < -0.4 is 0 Å². The summed E-state index contributed by atoms with van der Waals surface area (Å²) in [6, 6.07) is 2.81. The van der Waals surface area contributed by atoms with Gasteiger partial charge in [0.15, 0.2) is 0 Å². The zero-order chi connectivity index (χ0) is 15.3. The summed E-state index contributed by atoms with van der Waals surface area (Å²) in [5, 5.41) is 10.7. The predicted octanol–water partition coefficient (Wildman–Crippen LogP) is 2.22. The highest BCUT2D eigenvalue weighted by atomic mass is 79.9. The average molecular weight is 349 g/mol. The molecule has 1 rings (SSSR count). The lowest BCUT2D eigenvalue weighted by molar-refractivity contribution is -0.385. The zero-order valence-corrected chi connectivity index (χ0v) is 12.6. The third kappa shape index (κ3) is 4.53. The van der Waals surface area contributed by atoms with Crippen molar-refractivity contribution in [1.29, 1.82) is 0 Å². The normalized spacial score (nSPS) is 12.0. The minimum Gasteiger partial charge on any atom is -0.383 e. The molecule has 0 saturated heterocycles. The Morgan fingerprint density at radius 1 is 1.55 bits per heavy atom. The molecule has 20 heavy (non-hydrogen) atoms. The molecule has 0 radical (unpaired) electrons. The molecule has 1 amide bonds. The minimum atomic E-state index is -0.816. The van der Waals surface area contributed by atoms with E-state index in [4.69, 9.17) is 4.74 Å². The first-order chi connectivity index (χ1) is 9.35. The number of nitro groups is 1. The number of nitrogens with zero attached hydrogens (tertiary/aromatic N) is 2. The van der Waals surface area contributed by atoms with Gasteiger partial charge in [-0.1, -0.05) is 15.9 Å². The number of hydrogen-bond acceptors (Lipinski definition) is 4. The van der Waals surface area contributed by atoms with Crippen molar-refractivity contribution in [2.45, 2.75) is 4.83 Å². The number of halogens is 2. The molecule has 0 spiro atoms. The Morgan fingerprint density at radius 3 is 2.75 bits per heavy atom. The van der Waals surface area contributed by atoms with E-state index >= 15 is 0 Å². The van der Waals surface area contributed by atoms with E-state index < -0.39 is 22.3 Å². The van der Waals surface area contributed by atoms with Gasteiger partial charge < -0.3 is 9.64 Å². The first-order valence-corrected chi connectivity index (χ1v) is 6.60. The highest BCUT2D eigenvalue weighted by molar-refractivity contribution is 9.09. The average Bonchev–Trinajstić information content (AvgIpc) is 2.37. The number of carbonyl (C=O) groups is 1. The number of nitro benzene ring substituents is 1. The number of hydrogen-bond donors (Lipinski definition) is 0. The molecule has 1 unspecified atom stereocenters. The van der Waals surface area contributed by atoms with Crippen LogP contribution in [0.5, 0.6) is 0 Å². The number of amides is 1.